The zero-order valence-electron chi connectivity index (χ0n) is 18.0. The summed E-state index contributed by atoms with van der Waals surface area (Å²) < 4.78 is 13.7. The highest BCUT2D eigenvalue weighted by molar-refractivity contribution is 5.95. The maximum atomic E-state index is 13.7. The van der Waals surface area contributed by atoms with Crippen LogP contribution in [0.1, 0.15) is 58.2 Å². The summed E-state index contributed by atoms with van der Waals surface area (Å²) in [4.78, 5) is 24.7. The fourth-order valence-corrected chi connectivity index (χ4v) is 3.10. The van der Waals surface area contributed by atoms with Crippen molar-refractivity contribution in [3.63, 3.8) is 0 Å². The van der Waals surface area contributed by atoms with Crippen molar-refractivity contribution in [1.82, 2.24) is 10.6 Å². The maximum absolute atomic E-state index is 13.7. The number of carbonyl (C=O) groups excluding carboxylic acids is 2. The molecule has 0 atom stereocenters. The van der Waals surface area contributed by atoms with E-state index in [-0.39, 0.29) is 29.6 Å². The van der Waals surface area contributed by atoms with Crippen molar-refractivity contribution in [3.05, 3.63) is 106 Å². The van der Waals surface area contributed by atoms with E-state index in [2.05, 4.69) is 31.4 Å². The van der Waals surface area contributed by atoms with Crippen LogP contribution in [-0.2, 0) is 18.5 Å². The predicted molar refractivity (Wildman–Crippen MR) is 120 cm³/mol. The van der Waals surface area contributed by atoms with E-state index in [4.69, 9.17) is 0 Å². The molecule has 3 aromatic carbocycles. The number of halogens is 1. The van der Waals surface area contributed by atoms with E-state index in [1.807, 2.05) is 24.3 Å². The van der Waals surface area contributed by atoms with Gasteiger partial charge in [0.15, 0.2) is 0 Å². The molecule has 3 rings (SSSR count). The molecule has 0 fully saturated rings. The summed E-state index contributed by atoms with van der Waals surface area (Å²) in [6.07, 6.45) is 0. The van der Waals surface area contributed by atoms with E-state index in [1.165, 1.54) is 11.6 Å². The van der Waals surface area contributed by atoms with Gasteiger partial charge in [-0.3, -0.25) is 9.59 Å². The quantitative estimate of drug-likeness (QED) is 0.593. The van der Waals surface area contributed by atoms with E-state index < -0.39 is 0 Å². The third-order valence-electron chi connectivity index (χ3n) is 5.08. The number of hydrogen-bond donors (Lipinski definition) is 2. The fourth-order valence-electron chi connectivity index (χ4n) is 3.10. The molecule has 0 bridgehead atoms. The second kappa shape index (κ2) is 9.56. The van der Waals surface area contributed by atoms with Crippen molar-refractivity contribution >= 4 is 11.8 Å². The van der Waals surface area contributed by atoms with Crippen LogP contribution >= 0.6 is 0 Å². The van der Waals surface area contributed by atoms with Crippen molar-refractivity contribution in [2.45, 2.75) is 39.3 Å². The predicted octanol–water partition coefficient (Wildman–Crippen LogP) is 4.98. The van der Waals surface area contributed by atoms with Gasteiger partial charge >= 0.3 is 0 Å². The molecule has 0 aromatic heterocycles. The number of rotatable bonds is 6. The third-order valence-corrected chi connectivity index (χ3v) is 5.08. The number of amides is 2. The van der Waals surface area contributed by atoms with Gasteiger partial charge in [-0.2, -0.15) is 0 Å². The van der Waals surface area contributed by atoms with Crippen molar-refractivity contribution in [2.24, 2.45) is 0 Å². The van der Waals surface area contributed by atoms with Gasteiger partial charge in [-0.25, -0.2) is 4.39 Å². The summed E-state index contributed by atoms with van der Waals surface area (Å²) >= 11 is 0. The van der Waals surface area contributed by atoms with Crippen molar-refractivity contribution in [3.8, 4) is 0 Å². The van der Waals surface area contributed by atoms with Gasteiger partial charge in [0.25, 0.3) is 11.8 Å². The Balaban J connectivity index is 1.52. The van der Waals surface area contributed by atoms with Crippen LogP contribution in [0.15, 0.2) is 72.8 Å². The summed E-state index contributed by atoms with van der Waals surface area (Å²) in [5.74, 6) is -0.771. The van der Waals surface area contributed by atoms with Crippen LogP contribution in [0.5, 0.6) is 0 Å². The molecule has 0 unspecified atom stereocenters. The first-order valence-corrected chi connectivity index (χ1v) is 10.2. The van der Waals surface area contributed by atoms with Crippen LogP contribution in [0.3, 0.4) is 0 Å². The monoisotopic (exact) mass is 418 g/mol. The molecule has 0 aliphatic carbocycles. The van der Waals surface area contributed by atoms with E-state index in [0.29, 0.717) is 23.2 Å². The molecule has 0 heterocycles. The zero-order chi connectivity index (χ0) is 22.4. The molecule has 0 spiro atoms. The molecule has 3 aromatic rings. The molecule has 0 aliphatic rings. The van der Waals surface area contributed by atoms with Gasteiger partial charge in [0.2, 0.25) is 0 Å². The molecular weight excluding hydrogens is 391 g/mol. The van der Waals surface area contributed by atoms with Gasteiger partial charge in [0.1, 0.15) is 5.82 Å². The molecule has 31 heavy (non-hydrogen) atoms. The van der Waals surface area contributed by atoms with Gasteiger partial charge < -0.3 is 10.6 Å². The largest absolute Gasteiger partial charge is 0.348 e. The standard InChI is InChI=1S/C26H27FN2O2/c1-26(2,3)22-14-12-20(13-15-22)24(30)28-16-18-8-10-19(11-9-18)25(31)29-17-21-6-4-5-7-23(21)27/h4-15H,16-17H2,1-3H3,(H,28,30)(H,29,31). The van der Waals surface area contributed by atoms with Gasteiger partial charge in [-0.1, -0.05) is 63.2 Å². The third kappa shape index (κ3) is 6.01. The Morgan fingerprint density at radius 3 is 1.81 bits per heavy atom. The molecule has 4 nitrogen and oxygen atoms in total. The molecule has 0 radical (unpaired) electrons. The van der Waals surface area contributed by atoms with Crippen molar-refractivity contribution in [1.29, 1.82) is 0 Å². The lowest BCUT2D eigenvalue weighted by Crippen LogP contribution is -2.24. The van der Waals surface area contributed by atoms with Crippen LogP contribution in [0.25, 0.3) is 0 Å². The Bertz CT molecular complexity index is 1050. The summed E-state index contributed by atoms with van der Waals surface area (Å²) in [6.45, 7) is 6.87. The minimum atomic E-state index is -0.345. The number of benzene rings is 3. The Hall–Kier alpha value is -3.47. The second-order valence-corrected chi connectivity index (χ2v) is 8.48. The number of nitrogens with one attached hydrogen (secondary N) is 2. The van der Waals surface area contributed by atoms with E-state index in [9.17, 15) is 14.0 Å². The SMILES string of the molecule is CC(C)(C)c1ccc(C(=O)NCc2ccc(C(=O)NCc3ccccc3F)cc2)cc1. The molecule has 2 N–H and O–H groups in total. The van der Waals surface area contributed by atoms with Crippen molar-refractivity contribution < 1.29 is 14.0 Å². The molecule has 160 valence electrons. The minimum absolute atomic E-state index is 0.0400. The Kier molecular flexibility index (Phi) is 6.85. The normalized spacial score (nSPS) is 11.1. The summed E-state index contributed by atoms with van der Waals surface area (Å²) in [5, 5.41) is 5.61. The lowest BCUT2D eigenvalue weighted by Gasteiger charge is -2.19. The highest BCUT2D eigenvalue weighted by Crippen LogP contribution is 2.22. The first kappa shape index (κ1) is 22.2. The minimum Gasteiger partial charge on any atom is -0.348 e. The van der Waals surface area contributed by atoms with E-state index in [0.717, 1.165) is 5.56 Å². The fraction of sp³-hybridized carbons (Fsp3) is 0.231. The van der Waals surface area contributed by atoms with Gasteiger partial charge in [-0.15, -0.1) is 0 Å². The van der Waals surface area contributed by atoms with Gasteiger partial charge in [-0.05, 0) is 46.9 Å². The molecule has 2 amide bonds. The highest BCUT2D eigenvalue weighted by Gasteiger charge is 2.14. The first-order chi connectivity index (χ1) is 14.7. The lowest BCUT2D eigenvalue weighted by atomic mass is 9.87. The van der Waals surface area contributed by atoms with Crippen molar-refractivity contribution in [2.75, 3.05) is 0 Å². The van der Waals surface area contributed by atoms with Crippen LogP contribution in [-0.4, -0.2) is 11.8 Å². The van der Waals surface area contributed by atoms with Crippen LogP contribution in [0.4, 0.5) is 4.39 Å². The molecule has 5 heteroatoms. The van der Waals surface area contributed by atoms with Crippen LogP contribution in [0, 0.1) is 5.82 Å². The molecule has 0 aliphatic heterocycles. The maximum Gasteiger partial charge on any atom is 0.251 e. The second-order valence-electron chi connectivity index (χ2n) is 8.48. The topological polar surface area (TPSA) is 58.2 Å². The Labute approximate surface area is 182 Å². The van der Waals surface area contributed by atoms with E-state index >= 15 is 0 Å². The average Bonchev–Trinajstić information content (AvgIpc) is 2.76. The first-order valence-electron chi connectivity index (χ1n) is 10.2. The van der Waals surface area contributed by atoms with Gasteiger partial charge in [0, 0.05) is 29.8 Å². The number of hydrogen-bond acceptors (Lipinski definition) is 2. The summed E-state index contributed by atoms with van der Waals surface area (Å²) in [6, 6.07) is 20.9. The molecule has 0 saturated carbocycles. The van der Waals surface area contributed by atoms with Crippen LogP contribution < -0.4 is 10.6 Å². The Morgan fingerprint density at radius 1 is 0.742 bits per heavy atom. The summed E-state index contributed by atoms with van der Waals surface area (Å²) in [7, 11) is 0. The zero-order valence-corrected chi connectivity index (χ0v) is 18.0. The molecular formula is C26H27FN2O2. The lowest BCUT2D eigenvalue weighted by molar-refractivity contribution is 0.0941. The summed E-state index contributed by atoms with van der Waals surface area (Å²) in [5.41, 5.74) is 3.61. The smallest absolute Gasteiger partial charge is 0.251 e. The van der Waals surface area contributed by atoms with E-state index in [1.54, 1.807) is 42.5 Å². The van der Waals surface area contributed by atoms with Crippen LogP contribution in [0.2, 0.25) is 0 Å². The highest BCUT2D eigenvalue weighted by atomic mass is 19.1. The average molecular weight is 419 g/mol. The Morgan fingerprint density at radius 2 is 1.26 bits per heavy atom. The molecule has 0 saturated heterocycles. The van der Waals surface area contributed by atoms with Gasteiger partial charge in [0.05, 0.1) is 0 Å². The number of carbonyl (C=O) groups is 2.